The van der Waals surface area contributed by atoms with Gasteiger partial charge in [-0.05, 0) is 73.6 Å². The fraction of sp³-hybridized carbons (Fsp3) is 0.500. The molecule has 33 heavy (non-hydrogen) atoms. The smallest absolute Gasteiger partial charge is 0.109 e. The van der Waals surface area contributed by atoms with Crippen LogP contribution in [0.1, 0.15) is 87.7 Å². The molecule has 0 aliphatic carbocycles. The van der Waals surface area contributed by atoms with Gasteiger partial charge in [-0.3, -0.25) is 0 Å². The van der Waals surface area contributed by atoms with Crippen molar-refractivity contribution >= 4 is 45.0 Å². The van der Waals surface area contributed by atoms with Crippen molar-refractivity contribution in [3.05, 3.63) is 45.4 Å². The fourth-order valence-corrected chi connectivity index (χ4v) is 7.83. The average molecular weight is 497 g/mol. The quantitative estimate of drug-likeness (QED) is 0.182. The van der Waals surface area contributed by atoms with E-state index in [0.717, 1.165) is 35.3 Å². The molecule has 0 atom stereocenters. The number of aromatic nitrogens is 2. The van der Waals surface area contributed by atoms with Gasteiger partial charge in [0.15, 0.2) is 0 Å². The number of nitrogens with zero attached hydrogens (tertiary/aromatic N) is 2. The minimum atomic E-state index is 1.04. The summed E-state index contributed by atoms with van der Waals surface area (Å²) in [6.07, 6.45) is 12.7. The molecule has 4 heterocycles. The third-order valence-corrected chi connectivity index (χ3v) is 9.86. The molecule has 176 valence electrons. The first-order valence-electron chi connectivity index (χ1n) is 12.5. The Morgan fingerprint density at radius 3 is 1.48 bits per heavy atom. The Morgan fingerprint density at radius 2 is 1.06 bits per heavy atom. The zero-order valence-electron chi connectivity index (χ0n) is 20.5. The number of aryl methyl sites for hydroxylation is 4. The molecule has 4 rings (SSSR count). The Kier molecular flexibility index (Phi) is 8.72. The van der Waals surface area contributed by atoms with Gasteiger partial charge < -0.3 is 0 Å². The lowest BCUT2D eigenvalue weighted by Crippen LogP contribution is -1.93. The molecule has 0 radical (unpaired) electrons. The SMILES string of the molecule is CCCCCCc1ccsc1-c1sc(-c2sccc2CCCCCC)c2nc(C)c(C)nc12. The summed E-state index contributed by atoms with van der Waals surface area (Å²) in [7, 11) is 0. The summed E-state index contributed by atoms with van der Waals surface area (Å²) >= 11 is 5.66. The summed E-state index contributed by atoms with van der Waals surface area (Å²) in [5.41, 5.74) is 7.25. The Labute approximate surface area is 211 Å². The summed E-state index contributed by atoms with van der Waals surface area (Å²) in [6, 6.07) is 4.66. The molecule has 0 fully saturated rings. The van der Waals surface area contributed by atoms with Crippen LogP contribution < -0.4 is 0 Å². The van der Waals surface area contributed by atoms with Crippen LogP contribution in [0.25, 0.3) is 30.5 Å². The third kappa shape index (κ3) is 5.58. The van der Waals surface area contributed by atoms with E-state index < -0.39 is 0 Å². The first-order chi connectivity index (χ1) is 16.1. The van der Waals surface area contributed by atoms with E-state index in [9.17, 15) is 0 Å². The second-order valence-corrected chi connectivity index (χ2v) is 11.9. The highest BCUT2D eigenvalue weighted by Crippen LogP contribution is 2.48. The highest BCUT2D eigenvalue weighted by atomic mass is 32.1. The van der Waals surface area contributed by atoms with Gasteiger partial charge in [-0.15, -0.1) is 34.0 Å². The van der Waals surface area contributed by atoms with Crippen LogP contribution in [0.4, 0.5) is 0 Å². The predicted molar refractivity (Wildman–Crippen MR) is 149 cm³/mol. The standard InChI is InChI=1S/C28H36N2S3/c1-5-7-9-11-13-21-15-17-31-25(21)27-23-24(30-20(4)19(3)29-23)28(33-27)26-22(16-18-32-26)14-12-10-8-6-2/h15-18H,5-14H2,1-4H3. The Hall–Kier alpha value is -1.56. The molecule has 0 amide bonds. The van der Waals surface area contributed by atoms with E-state index in [1.807, 2.05) is 34.0 Å². The van der Waals surface area contributed by atoms with E-state index in [1.54, 1.807) is 0 Å². The van der Waals surface area contributed by atoms with Crippen LogP contribution in [0, 0.1) is 13.8 Å². The maximum Gasteiger partial charge on any atom is 0.109 e. The second-order valence-electron chi connectivity index (χ2n) is 9.02. The summed E-state index contributed by atoms with van der Waals surface area (Å²) in [6.45, 7) is 8.74. The van der Waals surface area contributed by atoms with Gasteiger partial charge in [-0.1, -0.05) is 52.4 Å². The minimum absolute atomic E-state index is 1.04. The van der Waals surface area contributed by atoms with Gasteiger partial charge in [0, 0.05) is 9.75 Å². The van der Waals surface area contributed by atoms with E-state index in [2.05, 4.69) is 50.6 Å². The van der Waals surface area contributed by atoms with E-state index in [0.29, 0.717) is 0 Å². The molecule has 0 saturated carbocycles. The maximum absolute atomic E-state index is 5.09. The molecule has 5 heteroatoms. The lowest BCUT2D eigenvalue weighted by molar-refractivity contribution is 0.668. The molecule has 0 aliphatic rings. The highest BCUT2D eigenvalue weighted by Gasteiger charge is 2.22. The van der Waals surface area contributed by atoms with Crippen molar-refractivity contribution in [2.45, 2.75) is 91.9 Å². The fourth-order valence-electron chi connectivity index (χ4n) is 4.37. The van der Waals surface area contributed by atoms with Gasteiger partial charge in [0.25, 0.3) is 0 Å². The molecule has 0 unspecified atom stereocenters. The molecule has 0 aromatic carbocycles. The predicted octanol–water partition coefficient (Wildman–Crippen LogP) is 10.0. The third-order valence-electron chi connectivity index (χ3n) is 6.45. The Balaban J connectivity index is 1.74. The highest BCUT2D eigenvalue weighted by molar-refractivity contribution is 7.27. The van der Waals surface area contributed by atoms with Gasteiger partial charge in [0.05, 0.1) is 21.1 Å². The Morgan fingerprint density at radius 1 is 0.606 bits per heavy atom. The summed E-state index contributed by atoms with van der Waals surface area (Å²) in [5.74, 6) is 0. The topological polar surface area (TPSA) is 25.8 Å². The number of rotatable bonds is 12. The first-order valence-corrected chi connectivity index (χ1v) is 15.1. The molecule has 0 aliphatic heterocycles. The van der Waals surface area contributed by atoms with Crippen molar-refractivity contribution in [1.82, 2.24) is 9.97 Å². The van der Waals surface area contributed by atoms with Crippen molar-refractivity contribution in [3.63, 3.8) is 0 Å². The Bertz CT molecular complexity index is 1090. The number of hydrogen-bond acceptors (Lipinski definition) is 5. The van der Waals surface area contributed by atoms with Crippen LogP contribution in [0.15, 0.2) is 22.9 Å². The van der Waals surface area contributed by atoms with E-state index in [1.165, 1.54) is 82.0 Å². The lowest BCUT2D eigenvalue weighted by atomic mass is 10.1. The zero-order chi connectivity index (χ0) is 23.2. The summed E-state index contributed by atoms with van der Waals surface area (Å²) in [4.78, 5) is 15.6. The molecule has 0 saturated heterocycles. The molecule has 0 bridgehead atoms. The molecule has 4 aromatic heterocycles. The zero-order valence-corrected chi connectivity index (χ0v) is 22.9. The van der Waals surface area contributed by atoms with E-state index in [4.69, 9.17) is 9.97 Å². The van der Waals surface area contributed by atoms with Gasteiger partial charge >= 0.3 is 0 Å². The lowest BCUT2D eigenvalue weighted by Gasteiger charge is -2.04. The number of thiophene rings is 3. The van der Waals surface area contributed by atoms with Gasteiger partial charge in [0.2, 0.25) is 0 Å². The second kappa shape index (κ2) is 11.7. The van der Waals surface area contributed by atoms with Crippen molar-refractivity contribution in [2.24, 2.45) is 0 Å². The minimum Gasteiger partial charge on any atom is -0.248 e. The van der Waals surface area contributed by atoms with Gasteiger partial charge in [-0.2, -0.15) is 0 Å². The number of hydrogen-bond donors (Lipinski definition) is 0. The maximum atomic E-state index is 5.09. The van der Waals surface area contributed by atoms with Crippen LogP contribution in [0.5, 0.6) is 0 Å². The molecule has 0 N–H and O–H groups in total. The van der Waals surface area contributed by atoms with Crippen molar-refractivity contribution in [1.29, 1.82) is 0 Å². The normalized spacial score (nSPS) is 11.6. The van der Waals surface area contributed by atoms with Gasteiger partial charge in [-0.25, -0.2) is 9.97 Å². The first kappa shape index (κ1) is 24.6. The van der Waals surface area contributed by atoms with Crippen molar-refractivity contribution in [3.8, 4) is 19.5 Å². The summed E-state index contributed by atoms with van der Waals surface area (Å²) in [5, 5.41) is 4.52. The van der Waals surface area contributed by atoms with E-state index >= 15 is 0 Å². The van der Waals surface area contributed by atoms with Crippen LogP contribution >= 0.6 is 34.0 Å². The van der Waals surface area contributed by atoms with Crippen LogP contribution in [-0.4, -0.2) is 9.97 Å². The molecular weight excluding hydrogens is 461 g/mol. The van der Waals surface area contributed by atoms with Crippen LogP contribution in [-0.2, 0) is 12.8 Å². The molecule has 0 spiro atoms. The van der Waals surface area contributed by atoms with Crippen molar-refractivity contribution < 1.29 is 0 Å². The monoisotopic (exact) mass is 496 g/mol. The molecular formula is C28H36N2S3. The van der Waals surface area contributed by atoms with Crippen LogP contribution in [0.2, 0.25) is 0 Å². The summed E-state index contributed by atoms with van der Waals surface area (Å²) < 4.78 is 0. The largest absolute Gasteiger partial charge is 0.248 e. The number of unbranched alkanes of at least 4 members (excludes halogenated alkanes) is 6. The molecule has 2 nitrogen and oxygen atoms in total. The van der Waals surface area contributed by atoms with E-state index in [-0.39, 0.29) is 0 Å². The van der Waals surface area contributed by atoms with Crippen molar-refractivity contribution in [2.75, 3.05) is 0 Å². The average Bonchev–Trinajstić information content (AvgIpc) is 3.53. The van der Waals surface area contributed by atoms with Crippen LogP contribution in [0.3, 0.4) is 0 Å². The number of fused-ring (bicyclic) bond motifs is 1. The van der Waals surface area contributed by atoms with Gasteiger partial charge in [0.1, 0.15) is 11.0 Å². The molecule has 4 aromatic rings.